The minimum atomic E-state index is -2.69. The van der Waals surface area contributed by atoms with Crippen LogP contribution in [0.5, 0.6) is 0 Å². The number of halogens is 2. The molecular weight excluding hydrogens is 438 g/mol. The Labute approximate surface area is 187 Å². The quantitative estimate of drug-likeness (QED) is 0.582. The minimum Gasteiger partial charge on any atom is -0.378 e. The topological polar surface area (TPSA) is 132 Å². The molecule has 3 aromatic rings. The van der Waals surface area contributed by atoms with Crippen molar-refractivity contribution >= 4 is 11.7 Å². The summed E-state index contributed by atoms with van der Waals surface area (Å²) >= 11 is 0. The Morgan fingerprint density at radius 3 is 2.82 bits per heavy atom. The van der Waals surface area contributed by atoms with Gasteiger partial charge in [-0.3, -0.25) is 4.79 Å². The van der Waals surface area contributed by atoms with Crippen molar-refractivity contribution in [3.8, 4) is 0 Å². The molecule has 1 amide bonds. The van der Waals surface area contributed by atoms with Crippen LogP contribution < -0.4 is 10.6 Å². The van der Waals surface area contributed by atoms with Crippen molar-refractivity contribution in [3.05, 3.63) is 35.2 Å². The zero-order valence-corrected chi connectivity index (χ0v) is 18.0. The largest absolute Gasteiger partial charge is 0.378 e. The highest BCUT2D eigenvalue weighted by Gasteiger charge is 2.39. The zero-order chi connectivity index (χ0) is 23.0. The number of amides is 1. The molecule has 0 radical (unpaired) electrons. The third kappa shape index (κ3) is 4.55. The van der Waals surface area contributed by atoms with Gasteiger partial charge in [0.25, 0.3) is 11.7 Å². The molecule has 2 atom stereocenters. The SMILES string of the molecule is Cc1nonc1C(=O)N[C@H](c1cn2ncc(C3COCCN3)nc2n1)C1CCC(F)(F)CC1. The second-order valence-corrected chi connectivity index (χ2v) is 8.52. The average molecular weight is 462 g/mol. The highest BCUT2D eigenvalue weighted by atomic mass is 19.3. The number of carbonyl (C=O) groups is 1. The molecule has 4 heterocycles. The van der Waals surface area contributed by atoms with Crippen LogP contribution in [0.15, 0.2) is 17.0 Å². The van der Waals surface area contributed by atoms with Gasteiger partial charge in [0, 0.05) is 19.4 Å². The number of nitrogens with zero attached hydrogens (tertiary/aromatic N) is 6. The standard InChI is InChI=1S/C20H24F2N8O3/c1-11-16(29-33-28-11)18(31)27-17(12-2-4-20(21,22)5-3-12)14-9-30-19(26-14)25-13(8-24-30)15-10-32-7-6-23-15/h8-9,12,15,17,23H,2-7,10H2,1H3,(H,27,31)/t15?,17-/m0/s1. The van der Waals surface area contributed by atoms with Crippen molar-refractivity contribution in [2.45, 2.75) is 50.6 Å². The molecule has 1 saturated carbocycles. The van der Waals surface area contributed by atoms with Crippen LogP contribution in [-0.2, 0) is 4.74 Å². The summed E-state index contributed by atoms with van der Waals surface area (Å²) in [6.45, 7) is 3.44. The van der Waals surface area contributed by atoms with E-state index in [-0.39, 0.29) is 43.3 Å². The summed E-state index contributed by atoms with van der Waals surface area (Å²) in [6.07, 6.45) is 3.33. The van der Waals surface area contributed by atoms with E-state index in [1.165, 1.54) is 4.52 Å². The predicted octanol–water partition coefficient (Wildman–Crippen LogP) is 1.77. The number of alkyl halides is 2. The number of hydrogen-bond acceptors (Lipinski definition) is 9. The maximum atomic E-state index is 13.8. The van der Waals surface area contributed by atoms with E-state index in [0.717, 1.165) is 0 Å². The van der Waals surface area contributed by atoms with Gasteiger partial charge in [-0.2, -0.15) is 5.10 Å². The molecule has 1 saturated heterocycles. The second kappa shape index (κ2) is 8.71. The number of aromatic nitrogens is 6. The Kier molecular flexibility index (Phi) is 5.74. The molecule has 13 heteroatoms. The first-order chi connectivity index (χ1) is 15.9. The Bertz CT molecular complexity index is 1130. The molecule has 5 rings (SSSR count). The fourth-order valence-electron chi connectivity index (χ4n) is 4.35. The van der Waals surface area contributed by atoms with Crippen LogP contribution >= 0.6 is 0 Å². The lowest BCUT2D eigenvalue weighted by atomic mass is 9.81. The van der Waals surface area contributed by atoms with Gasteiger partial charge in [0.1, 0.15) is 5.69 Å². The van der Waals surface area contributed by atoms with E-state index >= 15 is 0 Å². The minimum absolute atomic E-state index is 0.0480. The normalized spacial score (nSPS) is 22.3. The van der Waals surface area contributed by atoms with Gasteiger partial charge in [-0.15, -0.1) is 0 Å². The summed E-state index contributed by atoms with van der Waals surface area (Å²) in [6, 6.07) is -0.706. The Morgan fingerprint density at radius 2 is 2.12 bits per heavy atom. The Hall–Kier alpha value is -3.06. The smallest absolute Gasteiger partial charge is 0.276 e. The highest BCUT2D eigenvalue weighted by molar-refractivity contribution is 5.93. The maximum absolute atomic E-state index is 13.8. The number of carbonyl (C=O) groups excluding carboxylic acids is 1. The van der Waals surface area contributed by atoms with Gasteiger partial charge >= 0.3 is 0 Å². The fraction of sp³-hybridized carbons (Fsp3) is 0.600. The monoisotopic (exact) mass is 462 g/mol. The molecule has 1 aliphatic carbocycles. The van der Waals surface area contributed by atoms with E-state index in [0.29, 0.717) is 42.6 Å². The molecule has 0 bridgehead atoms. The number of hydrogen-bond donors (Lipinski definition) is 2. The lowest BCUT2D eigenvalue weighted by Gasteiger charge is -2.33. The zero-order valence-electron chi connectivity index (χ0n) is 18.0. The van der Waals surface area contributed by atoms with E-state index in [9.17, 15) is 13.6 Å². The van der Waals surface area contributed by atoms with Crippen LogP contribution in [-0.4, -0.2) is 61.5 Å². The number of morpholine rings is 1. The summed E-state index contributed by atoms with van der Waals surface area (Å²) in [5.74, 6) is -3.07. The fourth-order valence-corrected chi connectivity index (χ4v) is 4.35. The van der Waals surface area contributed by atoms with Crippen LogP contribution in [0, 0.1) is 12.8 Å². The highest BCUT2D eigenvalue weighted by Crippen LogP contribution is 2.41. The molecule has 0 aromatic carbocycles. The van der Waals surface area contributed by atoms with E-state index in [1.54, 1.807) is 19.3 Å². The Morgan fingerprint density at radius 1 is 1.30 bits per heavy atom. The molecule has 33 heavy (non-hydrogen) atoms. The number of rotatable bonds is 5. The van der Waals surface area contributed by atoms with Gasteiger partial charge in [0.2, 0.25) is 5.92 Å². The number of nitrogens with one attached hydrogen (secondary N) is 2. The number of imidazole rings is 1. The van der Waals surface area contributed by atoms with E-state index in [1.807, 2.05) is 0 Å². The van der Waals surface area contributed by atoms with Crippen molar-refractivity contribution in [2.75, 3.05) is 19.8 Å². The average Bonchev–Trinajstić information content (AvgIpc) is 3.43. The van der Waals surface area contributed by atoms with Gasteiger partial charge in [0.15, 0.2) is 5.69 Å². The maximum Gasteiger partial charge on any atom is 0.276 e. The summed E-state index contributed by atoms with van der Waals surface area (Å²) < 4.78 is 39.2. The van der Waals surface area contributed by atoms with Crippen LogP contribution in [0.1, 0.15) is 65.3 Å². The summed E-state index contributed by atoms with van der Waals surface area (Å²) in [4.78, 5) is 22.0. The van der Waals surface area contributed by atoms with Crippen molar-refractivity contribution in [2.24, 2.45) is 5.92 Å². The van der Waals surface area contributed by atoms with Crippen LogP contribution in [0.2, 0.25) is 0 Å². The molecule has 176 valence electrons. The van der Waals surface area contributed by atoms with Gasteiger partial charge in [-0.25, -0.2) is 27.9 Å². The molecule has 1 unspecified atom stereocenters. The molecule has 0 spiro atoms. The number of aryl methyl sites for hydroxylation is 1. The van der Waals surface area contributed by atoms with Crippen LogP contribution in [0.3, 0.4) is 0 Å². The van der Waals surface area contributed by atoms with E-state index in [4.69, 9.17) is 4.74 Å². The lowest BCUT2D eigenvalue weighted by molar-refractivity contribution is -0.0495. The van der Waals surface area contributed by atoms with Crippen LogP contribution in [0.25, 0.3) is 5.78 Å². The van der Waals surface area contributed by atoms with E-state index < -0.39 is 17.9 Å². The van der Waals surface area contributed by atoms with Crippen molar-refractivity contribution in [3.63, 3.8) is 0 Å². The number of ether oxygens (including phenoxy) is 1. The van der Waals surface area contributed by atoms with Gasteiger partial charge in [0.05, 0.1) is 49.1 Å². The molecule has 11 nitrogen and oxygen atoms in total. The summed E-state index contributed by atoms with van der Waals surface area (Å²) in [7, 11) is 0. The molecule has 2 N–H and O–H groups in total. The molecular formula is C20H24F2N8O3. The summed E-state index contributed by atoms with van der Waals surface area (Å²) in [5, 5.41) is 17.9. The third-order valence-corrected chi connectivity index (χ3v) is 6.22. The number of fused-ring (bicyclic) bond motifs is 1. The lowest BCUT2D eigenvalue weighted by Crippen LogP contribution is -2.37. The third-order valence-electron chi connectivity index (χ3n) is 6.22. The first-order valence-electron chi connectivity index (χ1n) is 10.9. The molecule has 2 aliphatic rings. The second-order valence-electron chi connectivity index (χ2n) is 8.52. The molecule has 1 aliphatic heterocycles. The summed E-state index contributed by atoms with van der Waals surface area (Å²) in [5.41, 5.74) is 1.58. The van der Waals surface area contributed by atoms with Gasteiger partial charge in [-0.1, -0.05) is 5.16 Å². The van der Waals surface area contributed by atoms with Crippen molar-refractivity contribution in [1.29, 1.82) is 0 Å². The van der Waals surface area contributed by atoms with Crippen LogP contribution in [0.4, 0.5) is 8.78 Å². The van der Waals surface area contributed by atoms with Crippen molar-refractivity contribution < 1.29 is 22.9 Å². The Balaban J connectivity index is 1.44. The van der Waals surface area contributed by atoms with Gasteiger partial charge < -0.3 is 15.4 Å². The molecule has 3 aromatic heterocycles. The van der Waals surface area contributed by atoms with Crippen molar-refractivity contribution in [1.82, 2.24) is 40.5 Å². The molecule has 2 fully saturated rings. The van der Waals surface area contributed by atoms with E-state index in [2.05, 4.69) is 40.6 Å². The first-order valence-corrected chi connectivity index (χ1v) is 10.9. The van der Waals surface area contributed by atoms with Gasteiger partial charge in [-0.05, 0) is 30.8 Å². The predicted molar refractivity (Wildman–Crippen MR) is 108 cm³/mol. The first kappa shape index (κ1) is 21.8.